The number of aldehydes is 1. The summed E-state index contributed by atoms with van der Waals surface area (Å²) in [6, 6.07) is 7.82. The maximum atomic E-state index is 11.4. The van der Waals surface area contributed by atoms with E-state index in [2.05, 4.69) is 0 Å². The van der Waals surface area contributed by atoms with Crippen LogP contribution in [0, 0.1) is 0 Å². The predicted molar refractivity (Wildman–Crippen MR) is 73.6 cm³/mol. The fourth-order valence-electron chi connectivity index (χ4n) is 2.09. The van der Waals surface area contributed by atoms with Gasteiger partial charge in [0.2, 0.25) is 0 Å². The first-order chi connectivity index (χ1) is 8.24. The SMILES string of the molecule is CC(C)(CS(C)(=O)=O)c1ccc(CCC=O)cc1. The molecule has 0 bridgehead atoms. The van der Waals surface area contributed by atoms with Gasteiger partial charge in [0.1, 0.15) is 16.1 Å². The zero-order valence-corrected chi connectivity index (χ0v) is 12.0. The van der Waals surface area contributed by atoms with Crippen molar-refractivity contribution in [2.75, 3.05) is 12.0 Å². The van der Waals surface area contributed by atoms with Crippen LogP contribution < -0.4 is 0 Å². The molecule has 0 aromatic heterocycles. The predicted octanol–water partition coefficient (Wildman–Crippen LogP) is 2.14. The van der Waals surface area contributed by atoms with Gasteiger partial charge in [0.05, 0.1) is 5.75 Å². The van der Waals surface area contributed by atoms with Crippen LogP contribution in [-0.2, 0) is 26.5 Å². The molecule has 1 aromatic carbocycles. The summed E-state index contributed by atoms with van der Waals surface area (Å²) in [5.41, 5.74) is 1.71. The van der Waals surface area contributed by atoms with Gasteiger partial charge < -0.3 is 4.79 Å². The first-order valence-electron chi connectivity index (χ1n) is 5.95. The van der Waals surface area contributed by atoms with E-state index in [0.717, 1.165) is 23.8 Å². The summed E-state index contributed by atoms with van der Waals surface area (Å²) in [6.07, 6.45) is 3.41. The number of carbonyl (C=O) groups excluding carboxylic acids is 1. The normalized spacial score (nSPS) is 12.4. The average molecular weight is 268 g/mol. The topological polar surface area (TPSA) is 51.2 Å². The molecule has 0 radical (unpaired) electrons. The third-order valence-electron chi connectivity index (χ3n) is 2.91. The Hall–Kier alpha value is -1.16. The summed E-state index contributed by atoms with van der Waals surface area (Å²) in [5.74, 6) is 0.133. The first kappa shape index (κ1) is 14.9. The van der Waals surface area contributed by atoms with Crippen molar-refractivity contribution in [1.82, 2.24) is 0 Å². The Balaban J connectivity index is 2.86. The Morgan fingerprint density at radius 3 is 2.17 bits per heavy atom. The van der Waals surface area contributed by atoms with Crippen molar-refractivity contribution >= 4 is 16.1 Å². The molecular weight excluding hydrogens is 248 g/mol. The Bertz CT molecular complexity index is 498. The van der Waals surface area contributed by atoms with E-state index in [1.807, 2.05) is 38.1 Å². The third kappa shape index (κ3) is 4.61. The molecule has 0 amide bonds. The lowest BCUT2D eigenvalue weighted by Crippen LogP contribution is -2.27. The van der Waals surface area contributed by atoms with E-state index in [9.17, 15) is 13.2 Å². The number of carbonyl (C=O) groups is 1. The highest BCUT2D eigenvalue weighted by Crippen LogP contribution is 2.25. The van der Waals surface area contributed by atoms with Gasteiger partial charge in [-0.2, -0.15) is 0 Å². The fourth-order valence-corrected chi connectivity index (χ4v) is 3.56. The number of aryl methyl sites for hydroxylation is 1. The minimum Gasteiger partial charge on any atom is -0.303 e. The summed E-state index contributed by atoms with van der Waals surface area (Å²) in [4.78, 5) is 10.3. The van der Waals surface area contributed by atoms with E-state index in [0.29, 0.717) is 6.42 Å². The lowest BCUT2D eigenvalue weighted by Gasteiger charge is -2.24. The average Bonchev–Trinajstić information content (AvgIpc) is 2.23. The van der Waals surface area contributed by atoms with E-state index in [4.69, 9.17) is 0 Å². The van der Waals surface area contributed by atoms with Crippen LogP contribution in [-0.4, -0.2) is 26.7 Å². The Labute approximate surface area is 109 Å². The van der Waals surface area contributed by atoms with Crippen LogP contribution in [0.25, 0.3) is 0 Å². The molecule has 0 fully saturated rings. The second-order valence-electron chi connectivity index (χ2n) is 5.36. The summed E-state index contributed by atoms with van der Waals surface area (Å²) in [5, 5.41) is 0. The number of hydrogen-bond donors (Lipinski definition) is 0. The van der Waals surface area contributed by atoms with Gasteiger partial charge in [-0.05, 0) is 17.5 Å². The lowest BCUT2D eigenvalue weighted by molar-refractivity contribution is -0.107. The monoisotopic (exact) mass is 268 g/mol. The molecule has 4 heteroatoms. The van der Waals surface area contributed by atoms with E-state index in [-0.39, 0.29) is 5.75 Å². The molecule has 100 valence electrons. The maximum absolute atomic E-state index is 11.4. The molecule has 18 heavy (non-hydrogen) atoms. The molecule has 0 saturated heterocycles. The van der Waals surface area contributed by atoms with E-state index >= 15 is 0 Å². The minimum atomic E-state index is -3.00. The van der Waals surface area contributed by atoms with Gasteiger partial charge in [0.15, 0.2) is 0 Å². The van der Waals surface area contributed by atoms with Crippen molar-refractivity contribution in [3.05, 3.63) is 35.4 Å². The van der Waals surface area contributed by atoms with E-state index in [1.165, 1.54) is 6.26 Å². The van der Waals surface area contributed by atoms with E-state index in [1.54, 1.807) is 0 Å². The highest BCUT2D eigenvalue weighted by atomic mass is 32.2. The first-order valence-corrected chi connectivity index (χ1v) is 8.01. The molecule has 0 unspecified atom stereocenters. The summed E-state index contributed by atoms with van der Waals surface area (Å²) in [6.45, 7) is 3.85. The highest BCUT2D eigenvalue weighted by Gasteiger charge is 2.25. The summed E-state index contributed by atoms with van der Waals surface area (Å²) >= 11 is 0. The van der Waals surface area contributed by atoms with Gasteiger partial charge in [-0.15, -0.1) is 0 Å². The number of hydrogen-bond acceptors (Lipinski definition) is 3. The standard InChI is InChI=1S/C14H20O3S/c1-14(2,11-18(3,16)17)13-8-6-12(7-9-13)5-4-10-15/h6-10H,4-5,11H2,1-3H3. The molecular formula is C14H20O3S. The van der Waals surface area contributed by atoms with Gasteiger partial charge in [-0.25, -0.2) is 8.42 Å². The molecule has 1 rings (SSSR count). The Morgan fingerprint density at radius 2 is 1.72 bits per heavy atom. The molecule has 0 aliphatic rings. The van der Waals surface area contributed by atoms with Crippen molar-refractivity contribution in [3.8, 4) is 0 Å². The van der Waals surface area contributed by atoms with Crippen molar-refractivity contribution in [1.29, 1.82) is 0 Å². The van der Waals surface area contributed by atoms with Crippen LogP contribution in [0.3, 0.4) is 0 Å². The molecule has 0 spiro atoms. The smallest absolute Gasteiger partial charge is 0.148 e. The van der Waals surface area contributed by atoms with E-state index < -0.39 is 15.3 Å². The second-order valence-corrected chi connectivity index (χ2v) is 7.50. The lowest BCUT2D eigenvalue weighted by atomic mass is 9.86. The molecule has 0 N–H and O–H groups in total. The van der Waals surface area contributed by atoms with Crippen LogP contribution in [0.4, 0.5) is 0 Å². The fraction of sp³-hybridized carbons (Fsp3) is 0.500. The summed E-state index contributed by atoms with van der Waals surface area (Å²) < 4.78 is 22.8. The van der Waals surface area contributed by atoms with Crippen LogP contribution >= 0.6 is 0 Å². The third-order valence-corrected chi connectivity index (χ3v) is 4.16. The van der Waals surface area contributed by atoms with Crippen LogP contribution in [0.1, 0.15) is 31.4 Å². The molecule has 0 aliphatic carbocycles. The minimum absolute atomic E-state index is 0.133. The molecule has 3 nitrogen and oxygen atoms in total. The Kier molecular flexibility index (Phi) is 4.68. The Morgan fingerprint density at radius 1 is 1.17 bits per heavy atom. The number of benzene rings is 1. The number of rotatable bonds is 6. The second kappa shape index (κ2) is 5.65. The zero-order chi connectivity index (χ0) is 13.8. The number of sulfone groups is 1. The van der Waals surface area contributed by atoms with Crippen LogP contribution in [0.5, 0.6) is 0 Å². The van der Waals surface area contributed by atoms with Gasteiger partial charge in [-0.3, -0.25) is 0 Å². The van der Waals surface area contributed by atoms with Crippen molar-refractivity contribution in [2.24, 2.45) is 0 Å². The largest absolute Gasteiger partial charge is 0.303 e. The maximum Gasteiger partial charge on any atom is 0.148 e. The van der Waals surface area contributed by atoms with Gasteiger partial charge in [0, 0.05) is 18.1 Å². The van der Waals surface area contributed by atoms with Crippen LogP contribution in [0.2, 0.25) is 0 Å². The van der Waals surface area contributed by atoms with Crippen molar-refractivity contribution in [2.45, 2.75) is 32.1 Å². The van der Waals surface area contributed by atoms with Gasteiger partial charge in [0.25, 0.3) is 0 Å². The molecule has 0 atom stereocenters. The van der Waals surface area contributed by atoms with Gasteiger partial charge >= 0.3 is 0 Å². The highest BCUT2D eigenvalue weighted by molar-refractivity contribution is 7.90. The molecule has 1 aromatic rings. The summed E-state index contributed by atoms with van der Waals surface area (Å²) in [7, 11) is -3.00. The zero-order valence-electron chi connectivity index (χ0n) is 11.1. The molecule has 0 saturated carbocycles. The van der Waals surface area contributed by atoms with Gasteiger partial charge in [-0.1, -0.05) is 38.1 Å². The molecule has 0 aliphatic heterocycles. The quantitative estimate of drug-likeness (QED) is 0.743. The van der Waals surface area contributed by atoms with Crippen LogP contribution in [0.15, 0.2) is 24.3 Å². The van der Waals surface area contributed by atoms with Crippen molar-refractivity contribution in [3.63, 3.8) is 0 Å². The van der Waals surface area contributed by atoms with Crippen molar-refractivity contribution < 1.29 is 13.2 Å². The molecule has 0 heterocycles.